The molecule has 2 nitrogen and oxygen atoms in total. The van der Waals surface area contributed by atoms with Crippen LogP contribution in [0.25, 0.3) is 10.8 Å². The van der Waals surface area contributed by atoms with Crippen LogP contribution in [-0.2, 0) is 0 Å². The lowest BCUT2D eigenvalue weighted by Gasteiger charge is -2.07. The van der Waals surface area contributed by atoms with E-state index in [2.05, 4.69) is 6.92 Å². The van der Waals surface area contributed by atoms with Crippen molar-refractivity contribution in [1.29, 1.82) is 0 Å². The van der Waals surface area contributed by atoms with Crippen LogP contribution in [0.4, 0.5) is 5.69 Å². The summed E-state index contributed by atoms with van der Waals surface area (Å²) in [5.74, 6) is 0.895. The van der Waals surface area contributed by atoms with E-state index in [0.29, 0.717) is 5.69 Å². The molecule has 0 aliphatic heterocycles. The summed E-state index contributed by atoms with van der Waals surface area (Å²) in [7, 11) is 0. The first-order chi connectivity index (χ1) is 7.81. The van der Waals surface area contributed by atoms with Crippen LogP contribution in [0.2, 0.25) is 0 Å². The first-order valence-electron chi connectivity index (χ1n) is 5.68. The number of ether oxygens (including phenoxy) is 1. The largest absolute Gasteiger partial charge is 0.494 e. The maximum Gasteiger partial charge on any atom is 0.119 e. The predicted molar refractivity (Wildman–Crippen MR) is 67.1 cm³/mol. The molecule has 0 aliphatic rings. The average Bonchev–Trinajstić information content (AvgIpc) is 2.30. The van der Waals surface area contributed by atoms with E-state index in [1.54, 1.807) is 6.07 Å². The van der Waals surface area contributed by atoms with Crippen LogP contribution in [-0.4, -0.2) is 6.61 Å². The smallest absolute Gasteiger partial charge is 0.119 e. The van der Waals surface area contributed by atoms with Gasteiger partial charge in [-0.25, -0.2) is 0 Å². The average molecular weight is 214 g/mol. The van der Waals surface area contributed by atoms with Crippen LogP contribution in [0.3, 0.4) is 0 Å². The number of unbranched alkanes of at least 4 members (excludes halogenated alkanes) is 1. The Balaban J connectivity index is 2.23. The van der Waals surface area contributed by atoms with Crippen molar-refractivity contribution in [2.45, 2.75) is 19.8 Å². The van der Waals surface area contributed by atoms with Gasteiger partial charge in [-0.3, -0.25) is 0 Å². The SMILES string of the molecule is CCCCOc1ccc2c([NH])cccc2c1. The number of fused-ring (bicyclic) bond motifs is 1. The number of nitrogens with one attached hydrogen (secondary N) is 1. The summed E-state index contributed by atoms with van der Waals surface area (Å²) in [6.07, 6.45) is 2.22. The molecule has 2 heteroatoms. The molecule has 0 unspecified atom stereocenters. The molecule has 0 atom stereocenters. The molecule has 0 aliphatic carbocycles. The summed E-state index contributed by atoms with van der Waals surface area (Å²) < 4.78 is 5.63. The predicted octanol–water partition coefficient (Wildman–Crippen LogP) is 3.93. The summed E-state index contributed by atoms with van der Waals surface area (Å²) in [4.78, 5) is 0. The van der Waals surface area contributed by atoms with E-state index in [9.17, 15) is 0 Å². The number of hydrogen-bond acceptors (Lipinski definition) is 1. The molecular weight excluding hydrogens is 198 g/mol. The van der Waals surface area contributed by atoms with E-state index in [4.69, 9.17) is 10.5 Å². The first-order valence-corrected chi connectivity index (χ1v) is 5.68. The molecule has 0 bridgehead atoms. The zero-order valence-corrected chi connectivity index (χ0v) is 9.49. The third kappa shape index (κ3) is 2.27. The Morgan fingerprint density at radius 1 is 1.19 bits per heavy atom. The molecule has 1 N–H and O–H groups in total. The van der Waals surface area contributed by atoms with Gasteiger partial charge in [0, 0.05) is 5.39 Å². The highest BCUT2D eigenvalue weighted by Gasteiger charge is 2.00. The lowest BCUT2D eigenvalue weighted by molar-refractivity contribution is 0.310. The Bertz CT molecular complexity index is 479. The van der Waals surface area contributed by atoms with Crippen molar-refractivity contribution in [3.63, 3.8) is 0 Å². The lowest BCUT2D eigenvalue weighted by atomic mass is 10.1. The fraction of sp³-hybridized carbons (Fsp3) is 0.286. The highest BCUT2D eigenvalue weighted by atomic mass is 16.5. The van der Waals surface area contributed by atoms with Crippen LogP contribution < -0.4 is 10.5 Å². The van der Waals surface area contributed by atoms with Crippen molar-refractivity contribution in [2.24, 2.45) is 0 Å². The van der Waals surface area contributed by atoms with E-state index < -0.39 is 0 Å². The van der Waals surface area contributed by atoms with E-state index in [1.165, 1.54) is 0 Å². The fourth-order valence-electron chi connectivity index (χ4n) is 1.69. The molecule has 2 aromatic rings. The molecule has 16 heavy (non-hydrogen) atoms. The maximum absolute atomic E-state index is 7.76. The minimum absolute atomic E-state index is 0.567. The monoisotopic (exact) mass is 214 g/mol. The second-order valence-corrected chi connectivity index (χ2v) is 3.89. The molecule has 0 heterocycles. The third-order valence-corrected chi connectivity index (χ3v) is 2.62. The Morgan fingerprint density at radius 2 is 2.06 bits per heavy atom. The Hall–Kier alpha value is -1.70. The van der Waals surface area contributed by atoms with Crippen molar-refractivity contribution >= 4 is 16.5 Å². The molecule has 0 fully saturated rings. The normalized spacial score (nSPS) is 10.6. The Kier molecular flexibility index (Phi) is 3.30. The lowest BCUT2D eigenvalue weighted by Crippen LogP contribution is -1.96. The summed E-state index contributed by atoms with van der Waals surface area (Å²) in [5.41, 5.74) is 8.33. The van der Waals surface area contributed by atoms with E-state index in [-0.39, 0.29) is 0 Å². The zero-order chi connectivity index (χ0) is 11.4. The maximum atomic E-state index is 7.76. The van der Waals surface area contributed by atoms with Gasteiger partial charge in [-0.1, -0.05) is 25.5 Å². The van der Waals surface area contributed by atoms with Gasteiger partial charge < -0.3 is 10.5 Å². The van der Waals surface area contributed by atoms with Gasteiger partial charge in [0.1, 0.15) is 5.75 Å². The number of rotatable bonds is 4. The molecule has 1 radical (unpaired) electrons. The van der Waals surface area contributed by atoms with Crippen LogP contribution in [0, 0.1) is 0 Å². The van der Waals surface area contributed by atoms with E-state index in [1.807, 2.05) is 30.3 Å². The summed E-state index contributed by atoms with van der Waals surface area (Å²) in [5, 5.41) is 2.05. The number of benzene rings is 2. The molecule has 0 saturated heterocycles. The summed E-state index contributed by atoms with van der Waals surface area (Å²) in [6.45, 7) is 2.92. The van der Waals surface area contributed by atoms with Crippen molar-refractivity contribution in [1.82, 2.24) is 5.73 Å². The Morgan fingerprint density at radius 3 is 2.88 bits per heavy atom. The second kappa shape index (κ2) is 4.88. The van der Waals surface area contributed by atoms with Gasteiger partial charge in [0.25, 0.3) is 0 Å². The van der Waals surface area contributed by atoms with Crippen molar-refractivity contribution in [3.8, 4) is 5.75 Å². The van der Waals surface area contributed by atoms with Gasteiger partial charge in [-0.05, 0) is 36.1 Å². The summed E-state index contributed by atoms with van der Waals surface area (Å²) in [6, 6.07) is 11.6. The van der Waals surface area contributed by atoms with Crippen molar-refractivity contribution < 1.29 is 4.74 Å². The second-order valence-electron chi connectivity index (χ2n) is 3.89. The zero-order valence-electron chi connectivity index (χ0n) is 9.49. The molecule has 83 valence electrons. The molecule has 0 amide bonds. The molecule has 0 aromatic heterocycles. The van der Waals surface area contributed by atoms with Crippen molar-refractivity contribution in [2.75, 3.05) is 6.61 Å². The van der Waals surface area contributed by atoms with E-state index >= 15 is 0 Å². The fourth-order valence-corrected chi connectivity index (χ4v) is 1.69. The standard InChI is InChI=1S/C14H16NO/c1-2-3-9-16-12-7-8-13-11(10-12)5-4-6-14(13)15/h4-8,10,15H,2-3,9H2,1H3. The van der Waals surface area contributed by atoms with Crippen LogP contribution >= 0.6 is 0 Å². The summed E-state index contributed by atoms with van der Waals surface area (Å²) >= 11 is 0. The van der Waals surface area contributed by atoms with E-state index in [0.717, 1.165) is 36.0 Å². The van der Waals surface area contributed by atoms with Crippen molar-refractivity contribution in [3.05, 3.63) is 36.4 Å². The van der Waals surface area contributed by atoms with Gasteiger partial charge in [0.05, 0.1) is 12.3 Å². The van der Waals surface area contributed by atoms with Crippen LogP contribution in [0.1, 0.15) is 19.8 Å². The Labute approximate surface area is 96.0 Å². The number of hydrogen-bond donors (Lipinski definition) is 0. The first kappa shape index (κ1) is 10.8. The van der Waals surface area contributed by atoms with Gasteiger partial charge in [-0.2, -0.15) is 0 Å². The quantitative estimate of drug-likeness (QED) is 0.710. The third-order valence-electron chi connectivity index (χ3n) is 2.62. The minimum Gasteiger partial charge on any atom is -0.494 e. The molecular formula is C14H16NO. The minimum atomic E-state index is 0.567. The van der Waals surface area contributed by atoms with Gasteiger partial charge in [0.15, 0.2) is 0 Å². The molecule has 2 rings (SSSR count). The van der Waals surface area contributed by atoms with Crippen LogP contribution in [0.5, 0.6) is 5.75 Å². The molecule has 0 spiro atoms. The van der Waals surface area contributed by atoms with Gasteiger partial charge in [-0.15, -0.1) is 0 Å². The van der Waals surface area contributed by atoms with Crippen LogP contribution in [0.15, 0.2) is 36.4 Å². The molecule has 2 aromatic carbocycles. The topological polar surface area (TPSA) is 33.0 Å². The highest BCUT2D eigenvalue weighted by molar-refractivity contribution is 5.92. The van der Waals surface area contributed by atoms with Gasteiger partial charge in [0.2, 0.25) is 0 Å². The highest BCUT2D eigenvalue weighted by Crippen LogP contribution is 2.25. The van der Waals surface area contributed by atoms with Gasteiger partial charge >= 0.3 is 0 Å². The molecule has 0 saturated carbocycles.